The van der Waals surface area contributed by atoms with E-state index in [1.54, 1.807) is 0 Å². The minimum atomic E-state index is -0.296. The Balaban J connectivity index is 0.741. The number of aliphatic hydroxyl groups is 1. The first-order valence-corrected chi connectivity index (χ1v) is 25.9. The molecule has 4 amide bonds. The third-order valence-electron chi connectivity index (χ3n) is 16.3. The van der Waals surface area contributed by atoms with Crippen molar-refractivity contribution < 1.29 is 43.2 Å². The first-order valence-electron chi connectivity index (χ1n) is 24.8. The van der Waals surface area contributed by atoms with E-state index in [0.29, 0.717) is 87.6 Å². The number of hydrogen-bond acceptors (Lipinski definition) is 10. The van der Waals surface area contributed by atoms with Gasteiger partial charge in [-0.05, 0) is 117 Å². The van der Waals surface area contributed by atoms with E-state index in [1.807, 2.05) is 11.8 Å². The largest absolute Gasteiger partial charge is 0.462 e. The smallest absolute Gasteiger partial charge is 0.315 e. The molecular formula is C49H82N4O9S. The summed E-state index contributed by atoms with van der Waals surface area (Å²) < 4.78 is 22.6. The standard InChI is InChI=1S/C49H82N4O9S/c1-32(2)41(54)15-10-33(3)37-13-14-38-36-12-11-34-30-35(18-20-48(34,4)39(36)19-21-49(37,38)5)62-45(57)17-16-44(56)51-23-25-60-27-29-61-28-26-59-24-22-50-43(55)9-7-6-8-42-46-40(31-63-42)52-47(58)53-46/h11,32-33,35-42,46,54H,6-10,12-31H2,1-5H3,(H,50,55)(H,51,56)(H2,52,53,58)/t33?,35-,36?,37+,38?,39?,40-,41-,42-,46-,48-,49+/m0/s1. The maximum atomic E-state index is 12.8. The molecule has 5 fully saturated rings. The Labute approximate surface area is 382 Å². The van der Waals surface area contributed by atoms with Gasteiger partial charge >= 0.3 is 12.0 Å². The van der Waals surface area contributed by atoms with Crippen LogP contribution in [0, 0.1) is 46.3 Å². The topological polar surface area (TPSA) is 174 Å². The molecule has 13 nitrogen and oxygen atoms in total. The summed E-state index contributed by atoms with van der Waals surface area (Å²) >= 11 is 1.90. The van der Waals surface area contributed by atoms with Crippen LogP contribution in [0.5, 0.6) is 0 Å². The molecule has 2 saturated heterocycles. The van der Waals surface area contributed by atoms with Crippen LogP contribution < -0.4 is 21.3 Å². The lowest BCUT2D eigenvalue weighted by Crippen LogP contribution is -2.51. The normalized spacial score (nSPS) is 32.9. The Morgan fingerprint density at radius 3 is 2.25 bits per heavy atom. The minimum absolute atomic E-state index is 0.0295. The summed E-state index contributed by atoms with van der Waals surface area (Å²) in [6, 6.07) is 0.380. The van der Waals surface area contributed by atoms with E-state index in [0.717, 1.165) is 81.3 Å². The summed E-state index contributed by atoms with van der Waals surface area (Å²) in [7, 11) is 0. The van der Waals surface area contributed by atoms with Crippen molar-refractivity contribution in [1.29, 1.82) is 0 Å². The van der Waals surface area contributed by atoms with Crippen molar-refractivity contribution in [2.75, 3.05) is 58.5 Å². The highest BCUT2D eigenvalue weighted by Crippen LogP contribution is 2.67. The average Bonchev–Trinajstić information content (AvgIpc) is 3.93. The number of ether oxygens (including phenoxy) is 4. The molecule has 4 aliphatic carbocycles. The van der Waals surface area contributed by atoms with Gasteiger partial charge in [0.05, 0.1) is 64.2 Å². The van der Waals surface area contributed by atoms with Crippen molar-refractivity contribution in [3.05, 3.63) is 11.6 Å². The Bertz CT molecular complexity index is 1550. The summed E-state index contributed by atoms with van der Waals surface area (Å²) in [6.45, 7) is 15.0. The van der Waals surface area contributed by atoms with Gasteiger partial charge in [0.2, 0.25) is 11.8 Å². The van der Waals surface area contributed by atoms with E-state index in [4.69, 9.17) is 18.9 Å². The molecule has 0 bridgehead atoms. The van der Waals surface area contributed by atoms with Crippen LogP contribution in [0.15, 0.2) is 11.6 Å². The molecule has 0 aromatic rings. The van der Waals surface area contributed by atoms with Gasteiger partial charge in [0.25, 0.3) is 0 Å². The van der Waals surface area contributed by atoms with Gasteiger partial charge in [-0.3, -0.25) is 14.4 Å². The zero-order valence-corrected chi connectivity index (χ0v) is 40.0. The second-order valence-corrected chi connectivity index (χ2v) is 21.9. The molecule has 63 heavy (non-hydrogen) atoms. The molecule has 0 aromatic carbocycles. The van der Waals surface area contributed by atoms with Crippen LogP contribution in [-0.4, -0.2) is 117 Å². The number of rotatable bonds is 26. The van der Waals surface area contributed by atoms with E-state index < -0.39 is 0 Å². The molecule has 0 radical (unpaired) electrons. The van der Waals surface area contributed by atoms with Crippen LogP contribution in [0.25, 0.3) is 0 Å². The van der Waals surface area contributed by atoms with Crippen molar-refractivity contribution >= 4 is 35.6 Å². The number of thioether (sulfide) groups is 1. The number of allylic oxidation sites excluding steroid dienone is 1. The van der Waals surface area contributed by atoms with Crippen molar-refractivity contribution in [3.63, 3.8) is 0 Å². The van der Waals surface area contributed by atoms with Gasteiger partial charge in [-0.2, -0.15) is 11.8 Å². The third kappa shape index (κ3) is 13.4. The highest BCUT2D eigenvalue weighted by Gasteiger charge is 2.59. The van der Waals surface area contributed by atoms with Gasteiger partial charge in [0, 0.05) is 43.4 Å². The van der Waals surface area contributed by atoms with Gasteiger partial charge in [-0.15, -0.1) is 0 Å². The fourth-order valence-corrected chi connectivity index (χ4v) is 14.2. The number of aliphatic hydroxyl groups excluding tert-OH is 1. The Hall–Kier alpha value is -2.39. The predicted molar refractivity (Wildman–Crippen MR) is 246 cm³/mol. The van der Waals surface area contributed by atoms with E-state index in [2.05, 4.69) is 62.0 Å². The molecule has 358 valence electrons. The molecule has 6 rings (SSSR count). The van der Waals surface area contributed by atoms with Gasteiger partial charge < -0.3 is 45.3 Å². The molecule has 2 aliphatic heterocycles. The van der Waals surface area contributed by atoms with Gasteiger partial charge in [0.15, 0.2) is 0 Å². The van der Waals surface area contributed by atoms with Crippen LogP contribution in [0.2, 0.25) is 0 Å². The zero-order chi connectivity index (χ0) is 45.0. The average molecular weight is 903 g/mol. The van der Waals surface area contributed by atoms with Crippen LogP contribution >= 0.6 is 11.8 Å². The molecule has 0 spiro atoms. The number of hydrogen-bond donors (Lipinski definition) is 5. The summed E-state index contributed by atoms with van der Waals surface area (Å²) in [5, 5.41) is 22.6. The number of unbranched alkanes of at least 4 members (excludes halogenated alkanes) is 1. The molecule has 12 atom stereocenters. The number of esters is 1. The fraction of sp³-hybridized carbons (Fsp3) is 0.878. The number of carbonyl (C=O) groups excluding carboxylic acids is 4. The zero-order valence-electron chi connectivity index (χ0n) is 39.2. The molecule has 3 saturated carbocycles. The number of carbonyl (C=O) groups is 4. The van der Waals surface area contributed by atoms with E-state index in [-0.39, 0.29) is 66.4 Å². The Kier molecular flexibility index (Phi) is 19.0. The van der Waals surface area contributed by atoms with Gasteiger partial charge in [-0.25, -0.2) is 4.79 Å². The number of fused-ring (bicyclic) bond motifs is 6. The predicted octanol–water partition coefficient (Wildman–Crippen LogP) is 6.70. The Morgan fingerprint density at radius 1 is 0.841 bits per heavy atom. The lowest BCUT2D eigenvalue weighted by molar-refractivity contribution is -0.152. The molecule has 0 aromatic heterocycles. The fourth-order valence-electron chi connectivity index (χ4n) is 12.6. The molecule has 4 unspecified atom stereocenters. The summed E-state index contributed by atoms with van der Waals surface area (Å²) in [4.78, 5) is 48.9. The van der Waals surface area contributed by atoms with E-state index in [9.17, 15) is 24.3 Å². The van der Waals surface area contributed by atoms with Crippen molar-refractivity contribution in [2.45, 2.75) is 167 Å². The second kappa shape index (κ2) is 23.9. The molecule has 14 heteroatoms. The van der Waals surface area contributed by atoms with Gasteiger partial charge in [-0.1, -0.05) is 52.7 Å². The minimum Gasteiger partial charge on any atom is -0.462 e. The molecular weight excluding hydrogens is 821 g/mol. The SMILES string of the molecule is CC(CC[C@H](O)C(C)C)[C@H]1CCC2C3CC=C4C[C@@H](OC(=O)CCC(=O)NCCOCCOCCOCCNC(=O)CCCC[C@@H]5SC[C@@H]6NC(=O)N[C@@H]65)CC[C@]4(C)C3CC[C@@]21C. The lowest BCUT2D eigenvalue weighted by Gasteiger charge is -2.58. The van der Waals surface area contributed by atoms with Crippen molar-refractivity contribution in [1.82, 2.24) is 21.3 Å². The maximum absolute atomic E-state index is 12.8. The third-order valence-corrected chi connectivity index (χ3v) is 17.8. The van der Waals surface area contributed by atoms with Crippen LogP contribution in [0.3, 0.4) is 0 Å². The number of urea groups is 1. The second-order valence-electron chi connectivity index (χ2n) is 20.6. The monoisotopic (exact) mass is 903 g/mol. The van der Waals surface area contributed by atoms with Crippen LogP contribution in [0.4, 0.5) is 4.79 Å². The molecule has 2 heterocycles. The highest BCUT2D eigenvalue weighted by molar-refractivity contribution is 8.00. The molecule has 5 N–H and O–H groups in total. The highest BCUT2D eigenvalue weighted by atomic mass is 32.2. The first kappa shape index (κ1) is 50.0. The van der Waals surface area contributed by atoms with Crippen molar-refractivity contribution in [2.24, 2.45) is 46.3 Å². The first-order chi connectivity index (χ1) is 30.3. The summed E-state index contributed by atoms with van der Waals surface area (Å²) in [6.07, 6.45) is 16.9. The molecule has 6 aliphatic rings. The summed E-state index contributed by atoms with van der Waals surface area (Å²) in [5.41, 5.74) is 2.07. The summed E-state index contributed by atoms with van der Waals surface area (Å²) in [5.74, 6) is 4.42. The van der Waals surface area contributed by atoms with E-state index in [1.165, 1.54) is 31.3 Å². The van der Waals surface area contributed by atoms with Gasteiger partial charge in [0.1, 0.15) is 6.10 Å². The van der Waals surface area contributed by atoms with Crippen LogP contribution in [0.1, 0.15) is 137 Å². The maximum Gasteiger partial charge on any atom is 0.315 e. The Morgan fingerprint density at radius 2 is 1.54 bits per heavy atom. The van der Waals surface area contributed by atoms with Crippen molar-refractivity contribution in [3.8, 4) is 0 Å². The lowest BCUT2D eigenvalue weighted by atomic mass is 9.47. The van der Waals surface area contributed by atoms with Crippen LogP contribution in [-0.2, 0) is 33.3 Å². The van der Waals surface area contributed by atoms with E-state index >= 15 is 0 Å². The number of amides is 4. The quantitative estimate of drug-likeness (QED) is 0.0272. The number of nitrogens with one attached hydrogen (secondary N) is 4.